The van der Waals surface area contributed by atoms with Crippen molar-refractivity contribution in [2.45, 2.75) is 39.0 Å². The number of nitrogens with zero attached hydrogens (tertiary/aromatic N) is 4. The monoisotopic (exact) mass is 356 g/mol. The number of carbonyl (C=O) groups is 2. The first kappa shape index (κ1) is 17.7. The molecular weight excluding hydrogens is 340 g/mol. The molecule has 1 unspecified atom stereocenters. The number of imidazole rings is 1. The highest BCUT2D eigenvalue weighted by Gasteiger charge is 2.25. The van der Waals surface area contributed by atoms with Gasteiger partial charge in [0.2, 0.25) is 5.95 Å². The highest BCUT2D eigenvalue weighted by Crippen LogP contribution is 2.19. The van der Waals surface area contributed by atoms with Gasteiger partial charge in [-0.3, -0.25) is 0 Å². The number of carbonyl (C=O) groups excluding carboxylic acids is 1. The first-order chi connectivity index (χ1) is 11.1. The van der Waals surface area contributed by atoms with Crippen LogP contribution < -0.4 is 11.1 Å². The van der Waals surface area contributed by atoms with Crippen molar-refractivity contribution in [1.82, 2.24) is 24.8 Å². The summed E-state index contributed by atoms with van der Waals surface area (Å²) in [7, 11) is 0. The quantitative estimate of drug-likeness (QED) is 0.689. The van der Waals surface area contributed by atoms with Crippen LogP contribution in [0.4, 0.5) is 10.7 Å². The van der Waals surface area contributed by atoms with Crippen LogP contribution in [0.2, 0.25) is 5.15 Å². The second-order valence-electron chi connectivity index (χ2n) is 5.98. The van der Waals surface area contributed by atoms with Crippen LogP contribution in [-0.2, 0) is 16.1 Å². The molecule has 0 radical (unpaired) electrons. The van der Waals surface area contributed by atoms with Crippen molar-refractivity contribution in [3.8, 4) is 0 Å². The van der Waals surface area contributed by atoms with Crippen LogP contribution in [0.3, 0.4) is 0 Å². The molecule has 2 aromatic heterocycles. The minimum Gasteiger partial charge on any atom is -0.480 e. The molecule has 2 aromatic rings. The zero-order valence-electron chi connectivity index (χ0n) is 13.3. The van der Waals surface area contributed by atoms with E-state index in [2.05, 4.69) is 20.3 Å². The van der Waals surface area contributed by atoms with Crippen LogP contribution in [0.15, 0.2) is 6.33 Å². The number of ether oxygens (including phenoxy) is 1. The van der Waals surface area contributed by atoms with Gasteiger partial charge in [0.1, 0.15) is 17.2 Å². The highest BCUT2D eigenvalue weighted by molar-refractivity contribution is 6.33. The summed E-state index contributed by atoms with van der Waals surface area (Å²) in [6.07, 6.45) is 0.503. The number of aromatic nitrogens is 4. The van der Waals surface area contributed by atoms with Crippen molar-refractivity contribution in [1.29, 1.82) is 0 Å². The molecule has 10 nitrogen and oxygen atoms in total. The van der Waals surface area contributed by atoms with Gasteiger partial charge < -0.3 is 25.5 Å². The predicted molar refractivity (Wildman–Crippen MR) is 85.5 cm³/mol. The number of aliphatic carboxylic acids is 1. The van der Waals surface area contributed by atoms with Gasteiger partial charge in [0.05, 0.1) is 12.9 Å². The average Bonchev–Trinajstić information content (AvgIpc) is 2.79. The second kappa shape index (κ2) is 6.48. The van der Waals surface area contributed by atoms with Gasteiger partial charge >= 0.3 is 12.1 Å². The van der Waals surface area contributed by atoms with Crippen LogP contribution in [0.5, 0.6) is 0 Å². The minimum absolute atomic E-state index is 0.0585. The maximum absolute atomic E-state index is 11.8. The van der Waals surface area contributed by atoms with Crippen LogP contribution in [-0.4, -0.2) is 48.3 Å². The topological polar surface area (TPSA) is 145 Å². The molecule has 4 N–H and O–H groups in total. The van der Waals surface area contributed by atoms with Gasteiger partial charge in [-0.05, 0) is 20.8 Å². The number of fused-ring (bicyclic) bond motifs is 1. The minimum atomic E-state index is -1.26. The summed E-state index contributed by atoms with van der Waals surface area (Å²) in [5.74, 6) is -1.31. The predicted octanol–water partition coefficient (Wildman–Crippen LogP) is 1.04. The van der Waals surface area contributed by atoms with E-state index in [0.717, 1.165) is 0 Å². The smallest absolute Gasteiger partial charge is 0.408 e. The summed E-state index contributed by atoms with van der Waals surface area (Å²) >= 11 is 5.92. The molecule has 0 saturated carbocycles. The summed E-state index contributed by atoms with van der Waals surface area (Å²) in [5.41, 5.74) is 5.35. The van der Waals surface area contributed by atoms with Crippen molar-refractivity contribution in [3.63, 3.8) is 0 Å². The van der Waals surface area contributed by atoms with E-state index in [1.54, 1.807) is 20.8 Å². The molecule has 0 aliphatic carbocycles. The lowest BCUT2D eigenvalue weighted by molar-refractivity contribution is -0.139. The van der Waals surface area contributed by atoms with E-state index < -0.39 is 23.7 Å². The van der Waals surface area contributed by atoms with E-state index in [1.165, 1.54) is 10.9 Å². The highest BCUT2D eigenvalue weighted by atomic mass is 35.5. The van der Waals surface area contributed by atoms with Gasteiger partial charge in [-0.1, -0.05) is 11.6 Å². The lowest BCUT2D eigenvalue weighted by Gasteiger charge is -2.22. The summed E-state index contributed by atoms with van der Waals surface area (Å²) in [4.78, 5) is 35.0. The fourth-order valence-corrected chi connectivity index (χ4v) is 2.11. The average molecular weight is 357 g/mol. The lowest BCUT2D eigenvalue weighted by atomic mass is 10.2. The number of halogens is 1. The molecule has 0 fully saturated rings. The molecule has 0 aliphatic rings. The van der Waals surface area contributed by atoms with Crippen molar-refractivity contribution in [3.05, 3.63) is 11.5 Å². The number of nitrogens with two attached hydrogens (primary N) is 1. The number of rotatable bonds is 4. The largest absolute Gasteiger partial charge is 0.480 e. The molecule has 0 bridgehead atoms. The molecule has 2 heterocycles. The van der Waals surface area contributed by atoms with Gasteiger partial charge in [-0.2, -0.15) is 9.97 Å². The number of nitrogen functional groups attached to an aromatic ring is 1. The molecule has 0 saturated heterocycles. The Balaban J connectivity index is 2.23. The summed E-state index contributed by atoms with van der Waals surface area (Å²) < 4.78 is 6.47. The Morgan fingerprint density at radius 2 is 2.12 bits per heavy atom. The maximum Gasteiger partial charge on any atom is 0.408 e. The number of hydrogen-bond donors (Lipinski definition) is 3. The lowest BCUT2D eigenvalue weighted by Crippen LogP contribution is -2.45. The van der Waals surface area contributed by atoms with E-state index in [-0.39, 0.29) is 28.8 Å². The number of nitrogens with one attached hydrogen (secondary N) is 1. The number of hydrogen-bond acceptors (Lipinski definition) is 7. The summed E-state index contributed by atoms with van der Waals surface area (Å²) in [6.45, 7) is 4.88. The Morgan fingerprint density at radius 3 is 2.71 bits per heavy atom. The van der Waals surface area contributed by atoms with Crippen molar-refractivity contribution < 1.29 is 19.4 Å². The Bertz CT molecular complexity index is 785. The van der Waals surface area contributed by atoms with E-state index in [4.69, 9.17) is 22.1 Å². The van der Waals surface area contributed by atoms with Crippen molar-refractivity contribution in [2.24, 2.45) is 0 Å². The fourth-order valence-electron chi connectivity index (χ4n) is 1.89. The second-order valence-corrected chi connectivity index (χ2v) is 6.34. The normalized spacial score (nSPS) is 12.8. The molecule has 11 heteroatoms. The summed E-state index contributed by atoms with van der Waals surface area (Å²) in [5, 5.41) is 11.7. The molecule has 130 valence electrons. The molecule has 1 amide bonds. The molecular formula is C13H17ClN6O4. The molecule has 1 atom stereocenters. The molecule has 0 spiro atoms. The van der Waals surface area contributed by atoms with Gasteiger partial charge in [0, 0.05) is 0 Å². The van der Waals surface area contributed by atoms with Gasteiger partial charge in [0.15, 0.2) is 10.8 Å². The fraction of sp³-hybridized carbons (Fsp3) is 0.462. The van der Waals surface area contributed by atoms with Gasteiger partial charge in [0.25, 0.3) is 0 Å². The van der Waals surface area contributed by atoms with Crippen LogP contribution in [0, 0.1) is 0 Å². The van der Waals surface area contributed by atoms with Crippen LogP contribution in [0.25, 0.3) is 11.2 Å². The Labute approximate surface area is 142 Å². The molecule has 0 aliphatic heterocycles. The van der Waals surface area contributed by atoms with Crippen molar-refractivity contribution in [2.75, 3.05) is 5.73 Å². The maximum atomic E-state index is 11.8. The number of amides is 1. The SMILES string of the molecule is CC(C)(C)OC(=O)NC(Cn1cnc2c(Cl)nc(N)nc21)C(=O)O. The Morgan fingerprint density at radius 1 is 1.46 bits per heavy atom. The first-order valence-electron chi connectivity index (χ1n) is 6.93. The Hall–Kier alpha value is -2.62. The zero-order chi connectivity index (χ0) is 18.1. The van der Waals surface area contributed by atoms with E-state index in [1.807, 2.05) is 0 Å². The number of alkyl carbamates (subject to hydrolysis) is 1. The van der Waals surface area contributed by atoms with Crippen LogP contribution in [0.1, 0.15) is 20.8 Å². The first-order valence-corrected chi connectivity index (χ1v) is 7.31. The van der Waals surface area contributed by atoms with Gasteiger partial charge in [-0.15, -0.1) is 0 Å². The van der Waals surface area contributed by atoms with Gasteiger partial charge in [-0.25, -0.2) is 14.6 Å². The number of anilines is 1. The summed E-state index contributed by atoms with van der Waals surface area (Å²) in [6, 6.07) is -1.26. The van der Waals surface area contributed by atoms with E-state index >= 15 is 0 Å². The number of carboxylic acid groups (broad SMARTS) is 1. The van der Waals surface area contributed by atoms with E-state index in [9.17, 15) is 14.7 Å². The standard InChI is InChI=1S/C13H17ClN6O4/c1-13(2,3)24-12(23)17-6(10(21)22)4-20-5-16-7-8(14)18-11(15)19-9(7)20/h5-6H,4H2,1-3H3,(H,17,23)(H,21,22)(H2,15,18,19). The van der Waals surface area contributed by atoms with Crippen molar-refractivity contribution >= 4 is 40.8 Å². The van der Waals surface area contributed by atoms with E-state index in [0.29, 0.717) is 0 Å². The molecule has 24 heavy (non-hydrogen) atoms. The third kappa shape index (κ3) is 4.22. The third-order valence-corrected chi connectivity index (χ3v) is 3.07. The molecule has 2 rings (SSSR count). The number of carboxylic acids is 1. The third-order valence-electron chi connectivity index (χ3n) is 2.81. The van der Waals surface area contributed by atoms with Crippen LogP contribution >= 0.6 is 11.6 Å². The molecule has 0 aromatic carbocycles. The Kier molecular flexibility index (Phi) is 4.78. The zero-order valence-corrected chi connectivity index (χ0v) is 14.0.